The standard InChI is InChI=1S/C29H38N4O4S/c1-19(2)17-33-20(3)13-26(14-21(33)4)38(35,36)18-27-22(5)37-29(32-27)25-10-8-24(9-11-25)28(34)31-16-23-7-6-12-30-15-23/h6-12,15,19-21,26H,13-14,16-18H2,1-5H3,(H,31,34)/t20-,21+,26?. The first kappa shape index (κ1) is 28.0. The molecule has 8 nitrogen and oxygen atoms in total. The third-order valence-electron chi connectivity index (χ3n) is 7.22. The number of pyridine rings is 1. The van der Waals surface area contributed by atoms with Crippen molar-refractivity contribution in [1.29, 1.82) is 0 Å². The van der Waals surface area contributed by atoms with E-state index in [9.17, 15) is 13.2 Å². The van der Waals surface area contributed by atoms with Crippen molar-refractivity contribution < 1.29 is 17.6 Å². The predicted octanol–water partition coefficient (Wildman–Crippen LogP) is 4.79. The van der Waals surface area contributed by atoms with Crippen LogP contribution in [0.15, 0.2) is 53.2 Å². The van der Waals surface area contributed by atoms with Crippen molar-refractivity contribution in [3.05, 3.63) is 71.4 Å². The number of nitrogens with one attached hydrogen (secondary N) is 1. The molecule has 1 unspecified atom stereocenters. The normalized spacial score (nSPS) is 20.5. The molecule has 1 fully saturated rings. The van der Waals surface area contributed by atoms with Crippen LogP contribution in [-0.4, -0.2) is 53.1 Å². The Labute approximate surface area is 225 Å². The highest BCUT2D eigenvalue weighted by Gasteiger charge is 2.38. The quantitative estimate of drug-likeness (QED) is 0.418. The van der Waals surface area contributed by atoms with E-state index in [1.807, 2.05) is 12.1 Å². The molecule has 1 aliphatic rings. The summed E-state index contributed by atoms with van der Waals surface area (Å²) in [6.45, 7) is 11.8. The molecule has 0 saturated carbocycles. The van der Waals surface area contributed by atoms with E-state index in [0.717, 1.165) is 12.1 Å². The Morgan fingerprint density at radius 3 is 2.42 bits per heavy atom. The maximum atomic E-state index is 13.4. The molecule has 1 saturated heterocycles. The van der Waals surface area contributed by atoms with Gasteiger partial charge in [0.1, 0.15) is 5.76 Å². The van der Waals surface area contributed by atoms with Gasteiger partial charge < -0.3 is 9.73 Å². The van der Waals surface area contributed by atoms with E-state index < -0.39 is 9.84 Å². The van der Waals surface area contributed by atoms with Gasteiger partial charge in [-0.15, -0.1) is 0 Å². The van der Waals surface area contributed by atoms with Crippen LogP contribution in [-0.2, 0) is 22.1 Å². The molecule has 204 valence electrons. The van der Waals surface area contributed by atoms with Crippen LogP contribution in [0.5, 0.6) is 0 Å². The van der Waals surface area contributed by atoms with Crippen molar-refractivity contribution in [2.45, 2.75) is 77.1 Å². The zero-order valence-corrected chi connectivity index (χ0v) is 23.7. The van der Waals surface area contributed by atoms with Crippen LogP contribution in [0.25, 0.3) is 11.5 Å². The van der Waals surface area contributed by atoms with Crippen LogP contribution >= 0.6 is 0 Å². The first-order valence-corrected chi connectivity index (χ1v) is 15.0. The number of aromatic nitrogens is 2. The molecular weight excluding hydrogens is 500 g/mol. The summed E-state index contributed by atoms with van der Waals surface area (Å²) in [5.41, 5.74) is 2.56. The van der Waals surface area contributed by atoms with E-state index in [0.29, 0.717) is 53.8 Å². The monoisotopic (exact) mass is 538 g/mol. The minimum atomic E-state index is -3.40. The van der Waals surface area contributed by atoms with Crippen molar-refractivity contribution in [2.24, 2.45) is 5.92 Å². The molecule has 0 aliphatic carbocycles. The molecule has 0 spiro atoms. The van der Waals surface area contributed by atoms with E-state index in [1.165, 1.54) is 0 Å². The third kappa shape index (κ3) is 6.69. The number of nitrogens with zero attached hydrogens (tertiary/aromatic N) is 3. The average molecular weight is 539 g/mol. The number of carbonyl (C=O) groups is 1. The van der Waals surface area contributed by atoms with Crippen LogP contribution in [0.2, 0.25) is 0 Å². The van der Waals surface area contributed by atoms with E-state index in [-0.39, 0.29) is 29.0 Å². The fourth-order valence-corrected chi connectivity index (χ4v) is 7.21. The molecule has 38 heavy (non-hydrogen) atoms. The van der Waals surface area contributed by atoms with Gasteiger partial charge in [0.05, 0.1) is 16.7 Å². The lowest BCUT2D eigenvalue weighted by Crippen LogP contribution is -2.51. The number of hydrogen-bond donors (Lipinski definition) is 1. The van der Waals surface area contributed by atoms with Gasteiger partial charge in [0.15, 0.2) is 9.84 Å². The molecule has 0 bridgehead atoms. The van der Waals surface area contributed by atoms with Crippen LogP contribution < -0.4 is 5.32 Å². The minimum absolute atomic E-state index is 0.133. The van der Waals surface area contributed by atoms with Crippen LogP contribution in [0.1, 0.15) is 67.9 Å². The molecule has 1 N–H and O–H groups in total. The summed E-state index contributed by atoms with van der Waals surface area (Å²) in [4.78, 5) is 23.5. The zero-order valence-electron chi connectivity index (χ0n) is 22.8. The SMILES string of the molecule is Cc1oc(-c2ccc(C(=O)NCc3cccnc3)cc2)nc1CS(=O)(=O)C1C[C@@H](C)N(CC(C)C)[C@@H](C)C1. The summed E-state index contributed by atoms with van der Waals surface area (Å²) in [7, 11) is -3.40. The van der Waals surface area contributed by atoms with E-state index >= 15 is 0 Å². The molecule has 1 aliphatic heterocycles. The molecule has 1 aromatic carbocycles. The summed E-state index contributed by atoms with van der Waals surface area (Å²) in [6, 6.07) is 11.1. The first-order valence-electron chi connectivity index (χ1n) is 13.2. The Hall–Kier alpha value is -3.04. The van der Waals surface area contributed by atoms with Gasteiger partial charge in [-0.25, -0.2) is 13.4 Å². The van der Waals surface area contributed by atoms with Crippen molar-refractivity contribution in [3.8, 4) is 11.5 Å². The molecule has 3 atom stereocenters. The maximum absolute atomic E-state index is 13.4. The highest BCUT2D eigenvalue weighted by Crippen LogP contribution is 2.31. The van der Waals surface area contributed by atoms with Gasteiger partial charge in [-0.1, -0.05) is 19.9 Å². The molecular formula is C29H38N4O4S. The predicted molar refractivity (Wildman–Crippen MR) is 148 cm³/mol. The van der Waals surface area contributed by atoms with Gasteiger partial charge in [-0.3, -0.25) is 14.7 Å². The molecule has 3 heterocycles. The molecule has 9 heteroatoms. The van der Waals surface area contributed by atoms with E-state index in [1.54, 1.807) is 43.6 Å². The summed E-state index contributed by atoms with van der Waals surface area (Å²) < 4.78 is 32.7. The number of sulfone groups is 1. The summed E-state index contributed by atoms with van der Waals surface area (Å²) in [6.07, 6.45) is 4.66. The number of likely N-dealkylation sites (tertiary alicyclic amines) is 1. The Morgan fingerprint density at radius 1 is 1.13 bits per heavy atom. The summed E-state index contributed by atoms with van der Waals surface area (Å²) in [5, 5.41) is 2.49. The number of carbonyl (C=O) groups excluding carboxylic acids is 1. The maximum Gasteiger partial charge on any atom is 0.251 e. The smallest absolute Gasteiger partial charge is 0.251 e. The minimum Gasteiger partial charge on any atom is -0.441 e. The van der Waals surface area contributed by atoms with Crippen molar-refractivity contribution >= 4 is 15.7 Å². The lowest BCUT2D eigenvalue weighted by Gasteiger charge is -2.43. The lowest BCUT2D eigenvalue weighted by atomic mass is 9.95. The van der Waals surface area contributed by atoms with Crippen LogP contribution in [0.3, 0.4) is 0 Å². The Balaban J connectivity index is 1.41. The number of rotatable bonds is 9. The third-order valence-corrected chi connectivity index (χ3v) is 9.30. The molecule has 3 aromatic rings. The van der Waals surface area contributed by atoms with Gasteiger partial charge in [-0.2, -0.15) is 0 Å². The van der Waals surface area contributed by atoms with E-state index in [4.69, 9.17) is 4.42 Å². The molecule has 2 aromatic heterocycles. The van der Waals surface area contributed by atoms with Gasteiger partial charge in [0, 0.05) is 48.7 Å². The fourth-order valence-electron chi connectivity index (χ4n) is 5.18. The number of benzene rings is 1. The van der Waals surface area contributed by atoms with Crippen molar-refractivity contribution in [3.63, 3.8) is 0 Å². The molecule has 4 rings (SSSR count). The van der Waals surface area contributed by atoms with Gasteiger partial charge in [0.25, 0.3) is 5.91 Å². The van der Waals surface area contributed by atoms with Crippen LogP contribution in [0.4, 0.5) is 0 Å². The average Bonchev–Trinajstić information content (AvgIpc) is 3.24. The number of aryl methyl sites for hydroxylation is 1. The lowest BCUT2D eigenvalue weighted by molar-refractivity contribution is 0.0914. The highest BCUT2D eigenvalue weighted by molar-refractivity contribution is 7.91. The number of amides is 1. The Kier molecular flexibility index (Phi) is 8.67. The van der Waals surface area contributed by atoms with Crippen molar-refractivity contribution in [2.75, 3.05) is 6.54 Å². The number of hydrogen-bond acceptors (Lipinski definition) is 7. The summed E-state index contributed by atoms with van der Waals surface area (Å²) in [5.74, 6) is 1.06. The van der Waals surface area contributed by atoms with Gasteiger partial charge in [-0.05, 0) is 75.4 Å². The second kappa shape index (κ2) is 11.8. The molecule has 1 amide bonds. The second-order valence-corrected chi connectivity index (χ2v) is 13.1. The largest absolute Gasteiger partial charge is 0.441 e. The highest BCUT2D eigenvalue weighted by atomic mass is 32.2. The van der Waals surface area contributed by atoms with Gasteiger partial charge >= 0.3 is 0 Å². The number of oxazole rings is 1. The Bertz CT molecular complexity index is 1320. The molecule has 0 radical (unpaired) electrons. The van der Waals surface area contributed by atoms with E-state index in [2.05, 4.69) is 47.9 Å². The summed E-state index contributed by atoms with van der Waals surface area (Å²) >= 11 is 0. The zero-order chi connectivity index (χ0) is 27.4. The topological polar surface area (TPSA) is 105 Å². The Morgan fingerprint density at radius 2 is 1.82 bits per heavy atom. The fraction of sp³-hybridized carbons (Fsp3) is 0.483. The van der Waals surface area contributed by atoms with Gasteiger partial charge in [0.2, 0.25) is 5.89 Å². The van der Waals surface area contributed by atoms with Crippen LogP contribution in [0, 0.1) is 12.8 Å². The number of piperidine rings is 1. The second-order valence-electron chi connectivity index (χ2n) is 10.8. The first-order chi connectivity index (χ1) is 18.0. The van der Waals surface area contributed by atoms with Crippen molar-refractivity contribution in [1.82, 2.24) is 20.2 Å².